The van der Waals surface area contributed by atoms with Crippen molar-refractivity contribution in [2.45, 2.75) is 58.3 Å². The van der Waals surface area contributed by atoms with Gasteiger partial charge in [0.15, 0.2) is 11.3 Å². The van der Waals surface area contributed by atoms with Crippen molar-refractivity contribution in [1.82, 2.24) is 33.8 Å². The van der Waals surface area contributed by atoms with Crippen LogP contribution in [0.15, 0.2) is 41.6 Å². The van der Waals surface area contributed by atoms with Gasteiger partial charge >= 0.3 is 5.69 Å². The summed E-state index contributed by atoms with van der Waals surface area (Å²) in [4.78, 5) is 22.1. The molecule has 0 unspecified atom stereocenters. The van der Waals surface area contributed by atoms with Gasteiger partial charge in [0.25, 0.3) is 0 Å². The zero-order valence-electron chi connectivity index (χ0n) is 20.7. The van der Waals surface area contributed by atoms with E-state index in [1.807, 2.05) is 23.0 Å². The van der Waals surface area contributed by atoms with Gasteiger partial charge in [-0.05, 0) is 43.5 Å². The van der Waals surface area contributed by atoms with Gasteiger partial charge in [-0.1, -0.05) is 13.8 Å². The number of hydrogen-bond acceptors (Lipinski definition) is 7. The van der Waals surface area contributed by atoms with Crippen molar-refractivity contribution >= 4 is 22.4 Å². The Morgan fingerprint density at radius 3 is 2.74 bits per heavy atom. The smallest absolute Gasteiger partial charge is 0.349 e. The molecule has 0 saturated carbocycles. The largest absolute Gasteiger partial charge is 0.349 e. The standard InChI is InChI=1S/C25H31N9O/c1-5-19-15-33(24-23-22(30(4)25(35)28-24)16-31(29-23)12-9-26)20(6-2)14-32(19)17(3)18-8-11-34-21(13-18)7-10-27-34/h7-8,10-11,13,16-17,19-20H,5-6,12,14-15H2,1-4H3/t17-,19+,20-/m0/s1. The van der Waals surface area contributed by atoms with Crippen LogP contribution in [0.4, 0.5) is 5.82 Å². The van der Waals surface area contributed by atoms with Crippen LogP contribution in [0.1, 0.15) is 45.2 Å². The van der Waals surface area contributed by atoms with Crippen molar-refractivity contribution < 1.29 is 0 Å². The molecule has 0 bridgehead atoms. The van der Waals surface area contributed by atoms with E-state index in [1.165, 1.54) is 10.1 Å². The van der Waals surface area contributed by atoms with E-state index in [9.17, 15) is 4.79 Å². The Morgan fingerprint density at radius 1 is 1.20 bits per heavy atom. The number of fused-ring (bicyclic) bond motifs is 2. The second-order valence-electron chi connectivity index (χ2n) is 9.31. The fourth-order valence-corrected chi connectivity index (χ4v) is 5.30. The number of anilines is 1. The first-order valence-electron chi connectivity index (χ1n) is 12.2. The average Bonchev–Trinajstić information content (AvgIpc) is 3.52. The monoisotopic (exact) mass is 473 g/mol. The summed E-state index contributed by atoms with van der Waals surface area (Å²) >= 11 is 0. The predicted molar refractivity (Wildman–Crippen MR) is 134 cm³/mol. The summed E-state index contributed by atoms with van der Waals surface area (Å²) in [6, 6.07) is 9.23. The van der Waals surface area contributed by atoms with Crippen LogP contribution >= 0.6 is 0 Å². The van der Waals surface area contributed by atoms with Gasteiger partial charge in [0.2, 0.25) is 0 Å². The van der Waals surface area contributed by atoms with Crippen molar-refractivity contribution in [2.24, 2.45) is 7.05 Å². The van der Waals surface area contributed by atoms with Gasteiger partial charge in [0.05, 0.1) is 23.3 Å². The lowest BCUT2D eigenvalue weighted by Crippen LogP contribution is -2.59. The molecule has 1 fully saturated rings. The summed E-state index contributed by atoms with van der Waals surface area (Å²) in [5.41, 5.74) is 3.42. The molecule has 5 heterocycles. The van der Waals surface area contributed by atoms with Crippen molar-refractivity contribution in [3.05, 3.63) is 52.8 Å². The van der Waals surface area contributed by atoms with Gasteiger partial charge in [-0.2, -0.15) is 20.4 Å². The summed E-state index contributed by atoms with van der Waals surface area (Å²) < 4.78 is 4.97. The second kappa shape index (κ2) is 9.15. The van der Waals surface area contributed by atoms with E-state index in [2.05, 4.69) is 64.0 Å². The van der Waals surface area contributed by atoms with E-state index in [-0.39, 0.29) is 30.4 Å². The van der Waals surface area contributed by atoms with Gasteiger partial charge in [0.1, 0.15) is 6.54 Å². The molecule has 1 saturated heterocycles. The maximum Gasteiger partial charge on any atom is 0.349 e. The van der Waals surface area contributed by atoms with E-state index < -0.39 is 0 Å². The van der Waals surface area contributed by atoms with Crippen LogP contribution in [0.3, 0.4) is 0 Å². The van der Waals surface area contributed by atoms with Crippen LogP contribution in [-0.4, -0.2) is 59.0 Å². The first-order valence-corrected chi connectivity index (χ1v) is 12.2. The van der Waals surface area contributed by atoms with Crippen molar-refractivity contribution in [1.29, 1.82) is 5.26 Å². The quantitative estimate of drug-likeness (QED) is 0.424. The Balaban J connectivity index is 1.51. The lowest BCUT2D eigenvalue weighted by Gasteiger charge is -2.49. The molecular weight excluding hydrogens is 442 g/mol. The predicted octanol–water partition coefficient (Wildman–Crippen LogP) is 2.74. The minimum absolute atomic E-state index is 0.129. The lowest BCUT2D eigenvalue weighted by atomic mass is 9.97. The van der Waals surface area contributed by atoms with E-state index in [1.54, 1.807) is 17.9 Å². The Morgan fingerprint density at radius 2 is 2.00 bits per heavy atom. The average molecular weight is 474 g/mol. The van der Waals surface area contributed by atoms with Gasteiger partial charge in [-0.25, -0.2) is 9.31 Å². The van der Waals surface area contributed by atoms with Crippen LogP contribution in [-0.2, 0) is 13.6 Å². The molecule has 35 heavy (non-hydrogen) atoms. The van der Waals surface area contributed by atoms with Gasteiger partial charge in [-0.15, -0.1) is 0 Å². The topological polar surface area (TPSA) is 100 Å². The van der Waals surface area contributed by atoms with E-state index in [0.717, 1.165) is 31.4 Å². The highest BCUT2D eigenvalue weighted by Gasteiger charge is 2.37. The molecule has 4 aromatic rings. The number of piperazine rings is 1. The molecule has 0 radical (unpaired) electrons. The maximum absolute atomic E-state index is 12.8. The van der Waals surface area contributed by atoms with Crippen LogP contribution < -0.4 is 10.6 Å². The zero-order valence-corrected chi connectivity index (χ0v) is 20.7. The Labute approximate surface area is 204 Å². The minimum atomic E-state index is -0.309. The molecule has 1 aliphatic rings. The summed E-state index contributed by atoms with van der Waals surface area (Å²) in [7, 11) is 1.70. The van der Waals surface area contributed by atoms with E-state index in [0.29, 0.717) is 16.9 Å². The molecular formula is C25H31N9O. The zero-order chi connectivity index (χ0) is 24.7. The third-order valence-corrected chi connectivity index (χ3v) is 7.39. The molecule has 0 N–H and O–H groups in total. The highest BCUT2D eigenvalue weighted by atomic mass is 16.1. The molecule has 5 rings (SSSR count). The third kappa shape index (κ3) is 3.96. The molecule has 1 aliphatic heterocycles. The number of aryl methyl sites for hydroxylation is 1. The van der Waals surface area contributed by atoms with Crippen molar-refractivity contribution in [2.75, 3.05) is 18.0 Å². The molecule has 0 aliphatic carbocycles. The van der Waals surface area contributed by atoms with Gasteiger partial charge in [-0.3, -0.25) is 14.1 Å². The second-order valence-corrected chi connectivity index (χ2v) is 9.31. The van der Waals surface area contributed by atoms with Crippen molar-refractivity contribution in [3.8, 4) is 6.07 Å². The van der Waals surface area contributed by atoms with Crippen LogP contribution in [0.25, 0.3) is 16.6 Å². The van der Waals surface area contributed by atoms with E-state index in [4.69, 9.17) is 5.26 Å². The third-order valence-electron chi connectivity index (χ3n) is 7.39. The first-order chi connectivity index (χ1) is 16.9. The molecule has 0 spiro atoms. The Bertz CT molecular complexity index is 1460. The first kappa shape index (κ1) is 23.1. The summed E-state index contributed by atoms with van der Waals surface area (Å²) in [5.74, 6) is 0.623. The minimum Gasteiger partial charge on any atom is -0.349 e. The number of nitrogens with zero attached hydrogens (tertiary/aromatic N) is 9. The number of rotatable bonds is 6. The molecule has 0 aromatic carbocycles. The fraction of sp³-hybridized carbons (Fsp3) is 0.480. The highest BCUT2D eigenvalue weighted by Crippen LogP contribution is 2.33. The summed E-state index contributed by atoms with van der Waals surface area (Å²) in [6.07, 6.45) is 7.49. The molecule has 4 aromatic heterocycles. The lowest BCUT2D eigenvalue weighted by molar-refractivity contribution is 0.101. The SMILES string of the molecule is CC[C@H]1CN([C@@H](C)c2ccn3nccc3c2)[C@H](CC)CN1c1nc(=O)n(C)c2cn(CC#N)nc12. The van der Waals surface area contributed by atoms with Gasteiger partial charge in [0, 0.05) is 50.7 Å². The van der Waals surface area contributed by atoms with Crippen LogP contribution in [0, 0.1) is 11.3 Å². The van der Waals surface area contributed by atoms with E-state index >= 15 is 0 Å². The van der Waals surface area contributed by atoms with Crippen LogP contribution in [0.5, 0.6) is 0 Å². The molecule has 182 valence electrons. The molecule has 10 nitrogen and oxygen atoms in total. The Kier molecular flexibility index (Phi) is 6.03. The molecule has 3 atom stereocenters. The number of hydrogen-bond donors (Lipinski definition) is 0. The highest BCUT2D eigenvalue weighted by molar-refractivity contribution is 5.85. The molecule has 0 amide bonds. The van der Waals surface area contributed by atoms with Crippen molar-refractivity contribution in [3.63, 3.8) is 0 Å². The Hall–Kier alpha value is -3.71. The number of nitriles is 1. The summed E-state index contributed by atoms with van der Waals surface area (Å²) in [5, 5.41) is 18.1. The van der Waals surface area contributed by atoms with Crippen LogP contribution in [0.2, 0.25) is 0 Å². The molecule has 10 heteroatoms. The maximum atomic E-state index is 12.8. The van der Waals surface area contributed by atoms with Gasteiger partial charge < -0.3 is 4.90 Å². The normalized spacial score (nSPS) is 19.9. The number of pyridine rings is 1. The fourth-order valence-electron chi connectivity index (χ4n) is 5.30. The summed E-state index contributed by atoms with van der Waals surface area (Å²) in [6.45, 7) is 8.41. The number of aromatic nitrogens is 6.